The first kappa shape index (κ1) is 15.4. The van der Waals surface area contributed by atoms with Gasteiger partial charge >= 0.3 is 0 Å². The maximum atomic E-state index is 12.6. The molecule has 0 saturated carbocycles. The number of rotatable bonds is 4. The van der Waals surface area contributed by atoms with E-state index in [0.29, 0.717) is 13.1 Å². The molecule has 1 aliphatic heterocycles. The minimum Gasteiger partial charge on any atom is -0.383 e. The highest BCUT2D eigenvalue weighted by molar-refractivity contribution is 5.83. The Kier molecular flexibility index (Phi) is 4.81. The van der Waals surface area contributed by atoms with E-state index < -0.39 is 0 Å². The molecule has 1 N–H and O–H groups in total. The molecule has 1 aliphatic rings. The number of carbonyl (C=O) groups is 1. The molecular formula is C19H23N3O. The maximum absolute atomic E-state index is 12.6. The summed E-state index contributed by atoms with van der Waals surface area (Å²) in [7, 11) is 1.87. The first-order chi connectivity index (χ1) is 11.2. The summed E-state index contributed by atoms with van der Waals surface area (Å²) in [6.07, 6.45) is 1.03. The zero-order valence-electron chi connectivity index (χ0n) is 13.5. The summed E-state index contributed by atoms with van der Waals surface area (Å²) in [5.41, 5.74) is 3.39. The highest BCUT2D eigenvalue weighted by atomic mass is 16.2. The molecule has 0 unspecified atom stereocenters. The lowest BCUT2D eigenvalue weighted by Crippen LogP contribution is -2.38. The molecule has 0 spiro atoms. The molecule has 1 amide bonds. The van der Waals surface area contributed by atoms with Gasteiger partial charge in [0.05, 0.1) is 17.9 Å². The number of hydrogen-bond acceptors (Lipinski definition) is 3. The van der Waals surface area contributed by atoms with E-state index in [1.807, 2.05) is 37.4 Å². The fraction of sp³-hybridized carbons (Fsp3) is 0.316. The fourth-order valence-corrected chi connectivity index (χ4v) is 2.91. The highest BCUT2D eigenvalue weighted by Gasteiger charge is 2.19. The number of anilines is 2. The maximum Gasteiger partial charge on any atom is 0.242 e. The molecule has 2 aromatic rings. The summed E-state index contributed by atoms with van der Waals surface area (Å²) < 4.78 is 0. The van der Waals surface area contributed by atoms with Crippen LogP contribution in [-0.2, 0) is 11.3 Å². The lowest BCUT2D eigenvalue weighted by molar-refractivity contribution is -0.128. The van der Waals surface area contributed by atoms with Crippen molar-refractivity contribution in [2.24, 2.45) is 0 Å². The molecule has 0 aliphatic carbocycles. The molecule has 2 aromatic carbocycles. The molecule has 0 saturated heterocycles. The number of amides is 1. The Morgan fingerprint density at radius 2 is 1.87 bits per heavy atom. The van der Waals surface area contributed by atoms with Crippen molar-refractivity contribution in [1.82, 2.24) is 4.90 Å². The Morgan fingerprint density at radius 3 is 2.70 bits per heavy atom. The van der Waals surface area contributed by atoms with Gasteiger partial charge in [0.2, 0.25) is 5.91 Å². The minimum absolute atomic E-state index is 0.144. The van der Waals surface area contributed by atoms with Crippen LogP contribution in [0.25, 0.3) is 0 Å². The number of nitrogens with one attached hydrogen (secondary N) is 1. The Hall–Kier alpha value is -2.49. The Labute approximate surface area is 137 Å². The van der Waals surface area contributed by atoms with Crippen molar-refractivity contribution in [2.45, 2.75) is 13.0 Å². The highest BCUT2D eigenvalue weighted by Crippen LogP contribution is 2.27. The lowest BCUT2D eigenvalue weighted by Gasteiger charge is -2.26. The average Bonchev–Trinajstić information content (AvgIpc) is 2.78. The van der Waals surface area contributed by atoms with Gasteiger partial charge in [0.25, 0.3) is 0 Å². The molecule has 0 atom stereocenters. The van der Waals surface area contributed by atoms with E-state index in [-0.39, 0.29) is 5.91 Å². The zero-order chi connectivity index (χ0) is 16.1. The van der Waals surface area contributed by atoms with Crippen LogP contribution >= 0.6 is 0 Å². The zero-order valence-corrected chi connectivity index (χ0v) is 13.5. The Bertz CT molecular complexity index is 657. The van der Waals surface area contributed by atoms with Gasteiger partial charge in [-0.1, -0.05) is 42.5 Å². The van der Waals surface area contributed by atoms with Crippen molar-refractivity contribution >= 4 is 17.3 Å². The van der Waals surface area contributed by atoms with E-state index in [1.165, 1.54) is 0 Å². The Morgan fingerprint density at radius 1 is 1.13 bits per heavy atom. The third-order valence-electron chi connectivity index (χ3n) is 4.18. The lowest BCUT2D eigenvalue weighted by atomic mass is 10.2. The van der Waals surface area contributed by atoms with Gasteiger partial charge in [0.1, 0.15) is 0 Å². The van der Waals surface area contributed by atoms with Gasteiger partial charge in [0.15, 0.2) is 0 Å². The molecule has 1 heterocycles. The standard InChI is InChI=1S/C19H23N3O/c1-21(14-16-8-3-2-4-9-16)19(23)15-22-13-7-12-20-17-10-5-6-11-18(17)22/h2-6,8-11,20H,7,12-15H2,1H3. The van der Waals surface area contributed by atoms with Crippen LogP contribution in [0.1, 0.15) is 12.0 Å². The number of para-hydroxylation sites is 2. The van der Waals surface area contributed by atoms with Crippen LogP contribution in [0.3, 0.4) is 0 Å². The van der Waals surface area contributed by atoms with Crippen LogP contribution in [0.15, 0.2) is 54.6 Å². The van der Waals surface area contributed by atoms with Crippen molar-refractivity contribution in [1.29, 1.82) is 0 Å². The number of nitrogens with zero attached hydrogens (tertiary/aromatic N) is 2. The topological polar surface area (TPSA) is 35.6 Å². The first-order valence-electron chi connectivity index (χ1n) is 8.10. The Balaban J connectivity index is 1.67. The van der Waals surface area contributed by atoms with E-state index >= 15 is 0 Å². The van der Waals surface area contributed by atoms with E-state index in [9.17, 15) is 4.79 Å². The van der Waals surface area contributed by atoms with Crippen LogP contribution in [0, 0.1) is 0 Å². The van der Waals surface area contributed by atoms with Crippen molar-refractivity contribution in [3.05, 3.63) is 60.2 Å². The second kappa shape index (κ2) is 7.18. The molecule has 4 nitrogen and oxygen atoms in total. The molecule has 120 valence electrons. The van der Waals surface area contributed by atoms with Crippen LogP contribution in [0.4, 0.5) is 11.4 Å². The monoisotopic (exact) mass is 309 g/mol. The summed E-state index contributed by atoms with van der Waals surface area (Å²) in [4.78, 5) is 16.6. The molecule has 23 heavy (non-hydrogen) atoms. The first-order valence-corrected chi connectivity index (χ1v) is 8.10. The SMILES string of the molecule is CN(Cc1ccccc1)C(=O)CN1CCCNc2ccccc21. The van der Waals surface area contributed by atoms with Crippen LogP contribution in [-0.4, -0.2) is 37.5 Å². The number of benzene rings is 2. The van der Waals surface area contributed by atoms with Gasteiger partial charge in [-0.3, -0.25) is 4.79 Å². The molecule has 0 aromatic heterocycles. The van der Waals surface area contributed by atoms with Gasteiger partial charge in [-0.2, -0.15) is 0 Å². The fourth-order valence-electron chi connectivity index (χ4n) is 2.91. The molecule has 0 radical (unpaired) electrons. The third kappa shape index (κ3) is 3.83. The number of likely N-dealkylation sites (N-methyl/N-ethyl adjacent to an activating group) is 1. The summed E-state index contributed by atoms with van der Waals surface area (Å²) in [5.74, 6) is 0.144. The predicted molar refractivity (Wildman–Crippen MR) is 94.7 cm³/mol. The van der Waals surface area contributed by atoms with E-state index in [4.69, 9.17) is 0 Å². The van der Waals surface area contributed by atoms with Crippen molar-refractivity contribution < 1.29 is 4.79 Å². The molecule has 4 heteroatoms. The van der Waals surface area contributed by atoms with Crippen molar-refractivity contribution in [2.75, 3.05) is 36.9 Å². The average molecular weight is 309 g/mol. The second-order valence-corrected chi connectivity index (χ2v) is 5.95. The molecular weight excluding hydrogens is 286 g/mol. The third-order valence-corrected chi connectivity index (χ3v) is 4.18. The van der Waals surface area contributed by atoms with Crippen LogP contribution in [0.2, 0.25) is 0 Å². The number of hydrogen-bond donors (Lipinski definition) is 1. The normalized spacial score (nSPS) is 13.7. The summed E-state index contributed by atoms with van der Waals surface area (Å²) >= 11 is 0. The minimum atomic E-state index is 0.144. The van der Waals surface area contributed by atoms with Gasteiger partial charge in [-0.05, 0) is 24.1 Å². The quantitative estimate of drug-likeness (QED) is 0.943. The van der Waals surface area contributed by atoms with Gasteiger partial charge in [0, 0.05) is 26.7 Å². The molecule has 3 rings (SSSR count). The van der Waals surface area contributed by atoms with Crippen molar-refractivity contribution in [3.63, 3.8) is 0 Å². The van der Waals surface area contributed by atoms with Crippen LogP contribution in [0.5, 0.6) is 0 Å². The predicted octanol–water partition coefficient (Wildman–Crippen LogP) is 2.97. The van der Waals surface area contributed by atoms with Gasteiger partial charge < -0.3 is 15.1 Å². The van der Waals surface area contributed by atoms with E-state index in [1.54, 1.807) is 4.90 Å². The van der Waals surface area contributed by atoms with Gasteiger partial charge in [-0.15, -0.1) is 0 Å². The van der Waals surface area contributed by atoms with Crippen molar-refractivity contribution in [3.8, 4) is 0 Å². The number of carbonyl (C=O) groups excluding carboxylic acids is 1. The smallest absolute Gasteiger partial charge is 0.242 e. The summed E-state index contributed by atoms with van der Waals surface area (Å²) in [5, 5.41) is 3.43. The summed E-state index contributed by atoms with van der Waals surface area (Å²) in [6.45, 7) is 2.91. The van der Waals surface area contributed by atoms with Crippen LogP contribution < -0.4 is 10.2 Å². The largest absolute Gasteiger partial charge is 0.383 e. The molecule has 0 bridgehead atoms. The summed E-state index contributed by atoms with van der Waals surface area (Å²) in [6, 6.07) is 18.3. The van der Waals surface area contributed by atoms with Gasteiger partial charge in [-0.25, -0.2) is 0 Å². The van der Waals surface area contributed by atoms with E-state index in [0.717, 1.165) is 36.4 Å². The second-order valence-electron chi connectivity index (χ2n) is 5.95. The molecule has 0 fully saturated rings. The van der Waals surface area contributed by atoms with E-state index in [2.05, 4.69) is 34.5 Å². The number of fused-ring (bicyclic) bond motifs is 1.